The van der Waals surface area contributed by atoms with Gasteiger partial charge in [-0.15, -0.1) is 11.3 Å². The molecule has 28 heavy (non-hydrogen) atoms. The highest BCUT2D eigenvalue weighted by Gasteiger charge is 2.60. The van der Waals surface area contributed by atoms with Crippen molar-refractivity contribution in [1.29, 1.82) is 0 Å². The van der Waals surface area contributed by atoms with Crippen LogP contribution in [-0.4, -0.2) is 37.6 Å². The third-order valence-corrected chi connectivity index (χ3v) is 7.22. The molecule has 0 saturated heterocycles. The highest BCUT2D eigenvalue weighted by Crippen LogP contribution is 2.41. The summed E-state index contributed by atoms with van der Waals surface area (Å²) < 4.78 is 0.795. The zero-order chi connectivity index (χ0) is 21.2. The number of aliphatic hydroxyl groups excluding tert-OH is 1. The molecular formula is C21H27N2O4S. The molecule has 2 aliphatic rings. The van der Waals surface area contributed by atoms with Gasteiger partial charge in [-0.2, -0.15) is 0 Å². The Morgan fingerprint density at radius 1 is 1.18 bits per heavy atom. The first-order valence-corrected chi connectivity index (χ1v) is 10.1. The van der Waals surface area contributed by atoms with Crippen LogP contribution < -0.4 is 0 Å². The number of hydroxylamine groups is 3. The van der Waals surface area contributed by atoms with E-state index in [0.29, 0.717) is 10.5 Å². The fraction of sp³-hybridized carbons (Fsp3) is 0.524. The van der Waals surface area contributed by atoms with E-state index in [1.165, 1.54) is 17.4 Å². The standard InChI is InChI=1S/C21H27N2O4S/c1-19(2,3)13-10-12(11-14(24)17(13)25)15-8-9-16(28-15)18-22(26)20(4,5)21(6,7)23(18)27/h8-12,24H,1-7H3. The van der Waals surface area contributed by atoms with Gasteiger partial charge in [-0.05, 0) is 51.3 Å². The van der Waals surface area contributed by atoms with E-state index in [-0.39, 0.29) is 23.3 Å². The van der Waals surface area contributed by atoms with Crippen LogP contribution in [0.4, 0.5) is 0 Å². The number of hydrogen-bond acceptors (Lipinski definition) is 5. The van der Waals surface area contributed by atoms with Gasteiger partial charge in [0.2, 0.25) is 5.78 Å². The van der Waals surface area contributed by atoms with Gasteiger partial charge in [-0.1, -0.05) is 31.9 Å². The van der Waals surface area contributed by atoms with E-state index in [9.17, 15) is 20.3 Å². The molecule has 1 unspecified atom stereocenters. The van der Waals surface area contributed by atoms with Gasteiger partial charge < -0.3 is 10.3 Å². The molecule has 0 aromatic carbocycles. The highest BCUT2D eigenvalue weighted by atomic mass is 32.1. The zero-order valence-electron chi connectivity index (χ0n) is 17.4. The Bertz CT molecular complexity index is 928. The van der Waals surface area contributed by atoms with E-state index in [1.807, 2.05) is 32.9 Å². The van der Waals surface area contributed by atoms with Crippen molar-refractivity contribution in [2.24, 2.45) is 5.41 Å². The molecule has 0 amide bonds. The monoisotopic (exact) mass is 403 g/mol. The van der Waals surface area contributed by atoms with Gasteiger partial charge in [0.15, 0.2) is 11.3 Å². The SMILES string of the molecule is CC(C)(C)C1=CC(c2ccc(C3=[N+]([O-])C(C)(C)C(C)(C)N3[O])s2)C=C(O)C1=O. The molecule has 2 heterocycles. The lowest BCUT2D eigenvalue weighted by atomic mass is 9.78. The van der Waals surface area contributed by atoms with Crippen LogP contribution >= 0.6 is 11.3 Å². The van der Waals surface area contributed by atoms with E-state index >= 15 is 0 Å². The number of allylic oxidation sites excluding steroid dienone is 3. The van der Waals surface area contributed by atoms with Crippen molar-refractivity contribution in [2.75, 3.05) is 0 Å². The molecule has 151 valence electrons. The van der Waals surface area contributed by atoms with E-state index < -0.39 is 16.5 Å². The lowest BCUT2D eigenvalue weighted by Gasteiger charge is -2.32. The van der Waals surface area contributed by atoms with Crippen molar-refractivity contribution >= 4 is 23.0 Å². The Hall–Kier alpha value is -2.12. The average molecular weight is 404 g/mol. The second kappa shape index (κ2) is 6.19. The summed E-state index contributed by atoms with van der Waals surface area (Å²) in [4.78, 5) is 13.7. The summed E-state index contributed by atoms with van der Waals surface area (Å²) >= 11 is 1.33. The van der Waals surface area contributed by atoms with Crippen LogP contribution in [0.1, 0.15) is 64.1 Å². The first-order chi connectivity index (χ1) is 12.7. The van der Waals surface area contributed by atoms with Crippen molar-refractivity contribution in [2.45, 2.75) is 65.5 Å². The van der Waals surface area contributed by atoms with E-state index in [1.54, 1.807) is 33.8 Å². The minimum Gasteiger partial charge on any atom is -0.714 e. The molecule has 3 rings (SSSR count). The molecule has 7 heteroatoms. The number of aliphatic hydroxyl groups is 1. The maximum absolute atomic E-state index is 12.9. The van der Waals surface area contributed by atoms with E-state index in [2.05, 4.69) is 0 Å². The van der Waals surface area contributed by atoms with Crippen molar-refractivity contribution < 1.29 is 19.8 Å². The van der Waals surface area contributed by atoms with Gasteiger partial charge in [-0.3, -0.25) is 9.53 Å². The fourth-order valence-corrected chi connectivity index (χ4v) is 4.46. The van der Waals surface area contributed by atoms with Crippen molar-refractivity contribution in [3.05, 3.63) is 50.6 Å². The molecule has 1 aromatic rings. The Morgan fingerprint density at radius 3 is 2.29 bits per heavy atom. The van der Waals surface area contributed by atoms with Crippen LogP contribution in [-0.2, 0) is 10.0 Å². The third kappa shape index (κ3) is 2.88. The number of ketones is 1. The second-order valence-electron chi connectivity index (χ2n) is 9.47. The Kier molecular flexibility index (Phi) is 4.56. The van der Waals surface area contributed by atoms with Crippen molar-refractivity contribution in [3.8, 4) is 0 Å². The summed E-state index contributed by atoms with van der Waals surface area (Å²) in [5.41, 5.74) is -1.59. The highest BCUT2D eigenvalue weighted by molar-refractivity contribution is 7.14. The van der Waals surface area contributed by atoms with Gasteiger partial charge in [-0.25, -0.2) is 0 Å². The second-order valence-corrected chi connectivity index (χ2v) is 10.6. The maximum atomic E-state index is 12.9. The minimum absolute atomic E-state index is 0.103. The first kappa shape index (κ1) is 20.6. The Morgan fingerprint density at radius 2 is 1.79 bits per heavy atom. The topological polar surface area (TPSA) is 86.5 Å². The molecule has 0 fully saturated rings. The summed E-state index contributed by atoms with van der Waals surface area (Å²) in [5.74, 6) is -0.801. The fourth-order valence-electron chi connectivity index (χ4n) is 3.40. The predicted octanol–water partition coefficient (Wildman–Crippen LogP) is 4.30. The Balaban J connectivity index is 2.03. The summed E-state index contributed by atoms with van der Waals surface area (Å²) in [7, 11) is 0. The number of hydrogen-bond donors (Lipinski definition) is 1. The third-order valence-electron chi connectivity index (χ3n) is 6.04. The number of rotatable bonds is 2. The van der Waals surface area contributed by atoms with E-state index in [4.69, 9.17) is 0 Å². The number of carbonyl (C=O) groups is 1. The lowest BCUT2D eigenvalue weighted by Crippen LogP contribution is -2.53. The summed E-state index contributed by atoms with van der Waals surface area (Å²) in [6, 6.07) is 3.60. The predicted molar refractivity (Wildman–Crippen MR) is 109 cm³/mol. The minimum atomic E-state index is -0.872. The largest absolute Gasteiger partial charge is 0.714 e. The van der Waals surface area contributed by atoms with Crippen molar-refractivity contribution in [3.63, 3.8) is 0 Å². The molecule has 1 aromatic heterocycles. The molecule has 1 atom stereocenters. The number of amidine groups is 1. The van der Waals surface area contributed by atoms with Crippen LogP contribution in [0, 0.1) is 10.6 Å². The van der Waals surface area contributed by atoms with Crippen LogP contribution in [0.2, 0.25) is 0 Å². The number of thiophene rings is 1. The van der Waals surface area contributed by atoms with Gasteiger partial charge in [0.25, 0.3) is 0 Å². The number of Topliss-reactive ketones (excluding diaryl/α,β-unsaturated/α-hetero) is 1. The first-order valence-electron chi connectivity index (χ1n) is 9.29. The molecule has 0 bridgehead atoms. The normalized spacial score (nSPS) is 24.5. The Labute approximate surface area is 169 Å². The van der Waals surface area contributed by atoms with Gasteiger partial charge in [0.05, 0.1) is 0 Å². The molecule has 1 radical (unpaired) electrons. The van der Waals surface area contributed by atoms with Crippen LogP contribution in [0.3, 0.4) is 0 Å². The summed E-state index contributed by atoms with van der Waals surface area (Å²) in [5, 5.41) is 36.6. The van der Waals surface area contributed by atoms with Crippen molar-refractivity contribution in [1.82, 2.24) is 5.06 Å². The summed E-state index contributed by atoms with van der Waals surface area (Å²) in [6.45, 7) is 12.8. The summed E-state index contributed by atoms with van der Waals surface area (Å²) in [6.07, 6.45) is 3.37. The molecule has 0 spiro atoms. The van der Waals surface area contributed by atoms with Crippen LogP contribution in [0.15, 0.2) is 35.6 Å². The maximum Gasteiger partial charge on any atom is 0.326 e. The van der Waals surface area contributed by atoms with Gasteiger partial charge >= 0.3 is 5.84 Å². The number of carbonyl (C=O) groups excluding carboxylic acids is 1. The zero-order valence-corrected chi connectivity index (χ0v) is 18.2. The van der Waals surface area contributed by atoms with E-state index in [0.717, 1.165) is 14.7 Å². The molecule has 1 N–H and O–H groups in total. The molecule has 1 aliphatic heterocycles. The van der Waals surface area contributed by atoms with Crippen LogP contribution in [0.5, 0.6) is 0 Å². The van der Waals surface area contributed by atoms with Gasteiger partial charge in [0.1, 0.15) is 10.4 Å². The van der Waals surface area contributed by atoms with Gasteiger partial charge in [0, 0.05) is 21.6 Å². The lowest BCUT2D eigenvalue weighted by molar-refractivity contribution is -0.539. The van der Waals surface area contributed by atoms with Crippen LogP contribution in [0.25, 0.3) is 0 Å². The molecule has 0 saturated carbocycles. The number of nitrogens with zero attached hydrogens (tertiary/aromatic N) is 2. The molecule has 1 aliphatic carbocycles. The smallest absolute Gasteiger partial charge is 0.326 e. The molecular weight excluding hydrogens is 376 g/mol. The average Bonchev–Trinajstić information content (AvgIpc) is 3.08. The quantitative estimate of drug-likeness (QED) is 0.589. The molecule has 6 nitrogen and oxygen atoms in total.